The lowest BCUT2D eigenvalue weighted by molar-refractivity contribution is -0.122. The highest BCUT2D eigenvalue weighted by Gasteiger charge is 2.25. The van der Waals surface area contributed by atoms with Gasteiger partial charge in [-0.05, 0) is 37.1 Å². The molecule has 6 heterocycles. The number of aromatic nitrogens is 8. The Labute approximate surface area is 210 Å². The largest absolute Gasteiger partial charge is 0.335 e. The minimum Gasteiger partial charge on any atom is -0.335 e. The van der Waals surface area contributed by atoms with Gasteiger partial charge in [0.1, 0.15) is 11.2 Å². The maximum absolute atomic E-state index is 12.4. The number of imidazole rings is 1. The number of hydrogen-bond acceptors (Lipinski definition) is 7. The first kappa shape index (κ1) is 21.3. The van der Waals surface area contributed by atoms with Crippen molar-refractivity contribution in [3.8, 4) is 34.0 Å². The molecular weight excluding hydrogens is 466 g/mol. The summed E-state index contributed by atoms with van der Waals surface area (Å²) in [6.45, 7) is 0. The van der Waals surface area contributed by atoms with Gasteiger partial charge in [0.25, 0.3) is 0 Å². The number of aromatic amines is 2. The lowest BCUT2D eigenvalue weighted by atomic mass is 9.85. The molecule has 0 saturated heterocycles. The summed E-state index contributed by atoms with van der Waals surface area (Å²) >= 11 is 0. The SMILES string of the molecule is O=C(Nc1cncc(-c2cc3c(-c4nc5c(-c6ccccn6)cncc5[nH]4)n[nH]c3cn2)c1)C1CCC1. The van der Waals surface area contributed by atoms with Crippen molar-refractivity contribution in [2.75, 3.05) is 5.32 Å². The summed E-state index contributed by atoms with van der Waals surface area (Å²) < 4.78 is 0. The molecule has 1 aliphatic rings. The fourth-order valence-corrected chi connectivity index (χ4v) is 4.57. The smallest absolute Gasteiger partial charge is 0.227 e. The molecule has 10 heteroatoms. The fourth-order valence-electron chi connectivity index (χ4n) is 4.57. The molecule has 0 bridgehead atoms. The predicted molar refractivity (Wildman–Crippen MR) is 139 cm³/mol. The quantitative estimate of drug-likeness (QED) is 0.319. The third kappa shape index (κ3) is 3.79. The minimum atomic E-state index is 0.0511. The first-order valence-electron chi connectivity index (χ1n) is 12.1. The van der Waals surface area contributed by atoms with Crippen LogP contribution in [-0.4, -0.2) is 46.0 Å². The zero-order valence-electron chi connectivity index (χ0n) is 19.6. The first-order valence-corrected chi connectivity index (χ1v) is 12.1. The van der Waals surface area contributed by atoms with Crippen LogP contribution in [0.5, 0.6) is 0 Å². The second-order valence-electron chi connectivity index (χ2n) is 9.15. The van der Waals surface area contributed by atoms with Gasteiger partial charge >= 0.3 is 0 Å². The van der Waals surface area contributed by atoms with Gasteiger partial charge < -0.3 is 10.3 Å². The Hall–Kier alpha value is -4.99. The van der Waals surface area contributed by atoms with Crippen LogP contribution in [0.1, 0.15) is 19.3 Å². The molecule has 6 aromatic heterocycles. The van der Waals surface area contributed by atoms with E-state index in [-0.39, 0.29) is 11.8 Å². The highest BCUT2D eigenvalue weighted by molar-refractivity contribution is 5.97. The van der Waals surface area contributed by atoms with E-state index in [1.54, 1.807) is 37.2 Å². The van der Waals surface area contributed by atoms with Crippen LogP contribution in [0.3, 0.4) is 0 Å². The van der Waals surface area contributed by atoms with E-state index in [0.717, 1.165) is 58.0 Å². The normalized spacial score (nSPS) is 13.6. The second kappa shape index (κ2) is 8.59. The number of H-pyrrole nitrogens is 2. The Balaban J connectivity index is 1.26. The van der Waals surface area contributed by atoms with E-state index in [4.69, 9.17) is 4.98 Å². The standard InChI is InChI=1S/C27H21N9O/c37-27(15-4-3-5-15)32-17-8-16(10-28-11-17)21-9-18-22(14-31-21)35-36-25(18)26-33-23-13-29-12-19(24(23)34-26)20-6-1-2-7-30-20/h1-2,6-15H,3-5H2,(H,32,37)(H,33,34)(H,35,36). The molecule has 180 valence electrons. The van der Waals surface area contributed by atoms with Crippen molar-refractivity contribution >= 4 is 33.5 Å². The predicted octanol–water partition coefficient (Wildman–Crippen LogP) is 4.76. The van der Waals surface area contributed by atoms with Gasteiger partial charge in [0.2, 0.25) is 5.91 Å². The molecule has 0 spiro atoms. The Morgan fingerprint density at radius 1 is 0.946 bits per heavy atom. The van der Waals surface area contributed by atoms with Crippen LogP contribution in [0.15, 0.2) is 67.5 Å². The molecule has 0 radical (unpaired) electrons. The zero-order chi connectivity index (χ0) is 24.8. The lowest BCUT2D eigenvalue weighted by Crippen LogP contribution is -2.28. The molecule has 7 rings (SSSR count). The molecule has 1 saturated carbocycles. The number of hydrogen-bond donors (Lipinski definition) is 3. The molecule has 1 amide bonds. The van der Waals surface area contributed by atoms with E-state index in [1.807, 2.05) is 30.3 Å². The lowest BCUT2D eigenvalue weighted by Gasteiger charge is -2.24. The van der Waals surface area contributed by atoms with Crippen molar-refractivity contribution in [3.05, 3.63) is 67.5 Å². The maximum atomic E-state index is 12.4. The molecule has 37 heavy (non-hydrogen) atoms. The number of anilines is 1. The first-order chi connectivity index (χ1) is 18.2. The van der Waals surface area contributed by atoms with Gasteiger partial charge in [0.05, 0.1) is 46.7 Å². The van der Waals surface area contributed by atoms with Gasteiger partial charge in [-0.25, -0.2) is 4.98 Å². The number of pyridine rings is 4. The van der Waals surface area contributed by atoms with Crippen LogP contribution in [-0.2, 0) is 4.79 Å². The summed E-state index contributed by atoms with van der Waals surface area (Å²) in [7, 11) is 0. The van der Waals surface area contributed by atoms with E-state index in [0.29, 0.717) is 22.9 Å². The van der Waals surface area contributed by atoms with Gasteiger partial charge in [-0.2, -0.15) is 5.10 Å². The van der Waals surface area contributed by atoms with Gasteiger partial charge in [-0.3, -0.25) is 29.8 Å². The number of amides is 1. The van der Waals surface area contributed by atoms with Crippen LogP contribution in [0, 0.1) is 5.92 Å². The number of rotatable bonds is 5. The molecule has 0 aliphatic heterocycles. The third-order valence-corrected chi connectivity index (χ3v) is 6.78. The van der Waals surface area contributed by atoms with E-state index in [2.05, 4.69) is 40.4 Å². The highest BCUT2D eigenvalue weighted by Crippen LogP contribution is 2.32. The number of carbonyl (C=O) groups excluding carboxylic acids is 1. The van der Waals surface area contributed by atoms with Crippen LogP contribution in [0.2, 0.25) is 0 Å². The highest BCUT2D eigenvalue weighted by atomic mass is 16.1. The molecule has 1 fully saturated rings. The number of fused-ring (bicyclic) bond motifs is 2. The van der Waals surface area contributed by atoms with E-state index >= 15 is 0 Å². The summed E-state index contributed by atoms with van der Waals surface area (Å²) in [5, 5.41) is 11.4. The topological polar surface area (TPSA) is 138 Å². The second-order valence-corrected chi connectivity index (χ2v) is 9.15. The Kier molecular flexibility index (Phi) is 4.95. The van der Waals surface area contributed by atoms with Crippen LogP contribution in [0.25, 0.3) is 56.0 Å². The minimum absolute atomic E-state index is 0.0511. The summed E-state index contributed by atoms with van der Waals surface area (Å²) in [6, 6.07) is 9.59. The molecule has 6 aromatic rings. The zero-order valence-corrected chi connectivity index (χ0v) is 19.6. The van der Waals surface area contributed by atoms with Crippen molar-refractivity contribution in [1.29, 1.82) is 0 Å². The Morgan fingerprint density at radius 2 is 1.86 bits per heavy atom. The molecule has 1 aliphatic carbocycles. The van der Waals surface area contributed by atoms with Crippen LogP contribution in [0.4, 0.5) is 5.69 Å². The van der Waals surface area contributed by atoms with Crippen molar-refractivity contribution in [3.63, 3.8) is 0 Å². The molecule has 0 unspecified atom stereocenters. The Bertz CT molecular complexity index is 1770. The summed E-state index contributed by atoms with van der Waals surface area (Å²) in [5.41, 5.74) is 6.84. The maximum Gasteiger partial charge on any atom is 0.227 e. The third-order valence-electron chi connectivity index (χ3n) is 6.78. The number of nitrogens with one attached hydrogen (secondary N) is 3. The fraction of sp³-hybridized carbons (Fsp3) is 0.148. The molecule has 3 N–H and O–H groups in total. The van der Waals surface area contributed by atoms with E-state index in [1.165, 1.54) is 0 Å². The van der Waals surface area contributed by atoms with Crippen molar-refractivity contribution in [2.24, 2.45) is 5.92 Å². The summed E-state index contributed by atoms with van der Waals surface area (Å²) in [6.07, 6.45) is 13.4. The molecular formula is C27H21N9O. The van der Waals surface area contributed by atoms with Crippen molar-refractivity contribution in [1.82, 2.24) is 40.1 Å². The monoisotopic (exact) mass is 487 g/mol. The van der Waals surface area contributed by atoms with Crippen molar-refractivity contribution < 1.29 is 4.79 Å². The number of carbonyl (C=O) groups is 1. The number of nitrogens with zero attached hydrogens (tertiary/aromatic N) is 6. The van der Waals surface area contributed by atoms with Crippen LogP contribution < -0.4 is 5.32 Å². The van der Waals surface area contributed by atoms with E-state index in [9.17, 15) is 4.79 Å². The van der Waals surface area contributed by atoms with Gasteiger partial charge in [-0.1, -0.05) is 12.5 Å². The van der Waals surface area contributed by atoms with Gasteiger partial charge in [0, 0.05) is 41.0 Å². The van der Waals surface area contributed by atoms with Gasteiger partial charge in [-0.15, -0.1) is 0 Å². The van der Waals surface area contributed by atoms with E-state index < -0.39 is 0 Å². The average molecular weight is 488 g/mol. The molecule has 0 atom stereocenters. The van der Waals surface area contributed by atoms with Gasteiger partial charge in [0.15, 0.2) is 5.82 Å². The Morgan fingerprint density at radius 3 is 2.70 bits per heavy atom. The van der Waals surface area contributed by atoms with Crippen molar-refractivity contribution in [2.45, 2.75) is 19.3 Å². The molecule has 10 nitrogen and oxygen atoms in total. The summed E-state index contributed by atoms with van der Waals surface area (Å²) in [5.74, 6) is 0.766. The molecule has 0 aromatic carbocycles. The average Bonchev–Trinajstić information content (AvgIpc) is 3.52. The van der Waals surface area contributed by atoms with Crippen LogP contribution >= 0.6 is 0 Å². The summed E-state index contributed by atoms with van der Waals surface area (Å²) in [4.78, 5) is 38.3.